The minimum Gasteiger partial charge on any atom is -0.477 e. The minimum absolute atomic E-state index is 0.125. The summed E-state index contributed by atoms with van der Waals surface area (Å²) in [6.07, 6.45) is 0.729. The predicted molar refractivity (Wildman–Crippen MR) is 212 cm³/mol. The third-order valence-electron chi connectivity index (χ3n) is 9.19. The molecule has 0 aliphatic carbocycles. The molecular weight excluding hydrogens is 709 g/mol. The first kappa shape index (κ1) is 40.4. The lowest BCUT2D eigenvalue weighted by atomic mass is 9.84. The summed E-state index contributed by atoms with van der Waals surface area (Å²) in [4.78, 5) is 40.0. The van der Waals surface area contributed by atoms with Crippen molar-refractivity contribution in [1.82, 2.24) is 14.8 Å². The highest BCUT2D eigenvalue weighted by molar-refractivity contribution is 7.92. The summed E-state index contributed by atoms with van der Waals surface area (Å²) >= 11 is 0. The molecule has 2 amide bonds. The first-order valence-corrected chi connectivity index (χ1v) is 20.0. The predicted octanol–water partition coefficient (Wildman–Crippen LogP) is 8.39. The second-order valence-corrected chi connectivity index (χ2v) is 18.9. The molecular formula is C41H54N4O8S. The number of nitrogens with zero attached hydrogens (tertiary/aromatic N) is 2. The van der Waals surface area contributed by atoms with Gasteiger partial charge in [-0.25, -0.2) is 22.8 Å². The normalized spacial score (nSPS) is 15.4. The molecule has 0 unspecified atom stereocenters. The van der Waals surface area contributed by atoms with Crippen LogP contribution in [0.3, 0.4) is 0 Å². The average Bonchev–Trinajstić information content (AvgIpc) is 3.64. The van der Waals surface area contributed by atoms with Crippen LogP contribution in [0, 0.1) is 0 Å². The molecule has 1 saturated heterocycles. The Morgan fingerprint density at radius 1 is 0.889 bits per heavy atom. The molecule has 1 atom stereocenters. The monoisotopic (exact) mass is 762 g/mol. The van der Waals surface area contributed by atoms with Gasteiger partial charge >= 0.3 is 18.2 Å². The number of ether oxygens (including phenoxy) is 2. The summed E-state index contributed by atoms with van der Waals surface area (Å²) in [6, 6.07) is 16.5. The molecule has 13 heteroatoms. The van der Waals surface area contributed by atoms with Gasteiger partial charge in [0.2, 0.25) is 10.0 Å². The van der Waals surface area contributed by atoms with Gasteiger partial charge in [-0.15, -0.1) is 0 Å². The van der Waals surface area contributed by atoms with Gasteiger partial charge in [0.05, 0.1) is 5.75 Å². The van der Waals surface area contributed by atoms with Crippen LogP contribution in [0.15, 0.2) is 54.6 Å². The Balaban J connectivity index is 1.49. The van der Waals surface area contributed by atoms with Gasteiger partial charge in [0.15, 0.2) is 0 Å². The molecule has 5 rings (SSSR count). The van der Waals surface area contributed by atoms with Crippen LogP contribution in [0.25, 0.3) is 21.7 Å². The van der Waals surface area contributed by atoms with E-state index in [1.165, 1.54) is 0 Å². The Morgan fingerprint density at radius 3 is 2.22 bits per heavy atom. The smallest absolute Gasteiger partial charge is 0.410 e. The van der Waals surface area contributed by atoms with Crippen LogP contribution in [0.1, 0.15) is 109 Å². The summed E-state index contributed by atoms with van der Waals surface area (Å²) in [5.41, 5.74) is 1.45. The highest BCUT2D eigenvalue weighted by Gasteiger charge is 2.34. The van der Waals surface area contributed by atoms with Crippen molar-refractivity contribution >= 4 is 55.5 Å². The fourth-order valence-electron chi connectivity index (χ4n) is 7.11. The number of sulfonamides is 1. The van der Waals surface area contributed by atoms with E-state index in [1.807, 2.05) is 63.2 Å². The van der Waals surface area contributed by atoms with E-state index in [2.05, 4.69) is 10.0 Å². The fraction of sp³-hybridized carbons (Fsp3) is 0.488. The number of carboxylic acids is 1. The highest BCUT2D eigenvalue weighted by atomic mass is 32.2. The molecule has 0 saturated carbocycles. The fourth-order valence-corrected chi connectivity index (χ4v) is 8.27. The summed E-state index contributed by atoms with van der Waals surface area (Å²) < 4.78 is 42.6. The van der Waals surface area contributed by atoms with Gasteiger partial charge in [0.1, 0.15) is 16.9 Å². The number of carbonyl (C=O) groups excluding carboxylic acids is 2. The van der Waals surface area contributed by atoms with Crippen molar-refractivity contribution in [2.24, 2.45) is 0 Å². The van der Waals surface area contributed by atoms with E-state index in [9.17, 15) is 27.9 Å². The number of benzene rings is 3. The van der Waals surface area contributed by atoms with Crippen LogP contribution in [-0.2, 0) is 38.0 Å². The van der Waals surface area contributed by atoms with Gasteiger partial charge in [-0.1, -0.05) is 57.2 Å². The lowest BCUT2D eigenvalue weighted by molar-refractivity contribution is 0.0223. The van der Waals surface area contributed by atoms with Crippen LogP contribution < -0.4 is 10.0 Å². The van der Waals surface area contributed by atoms with E-state index in [0.717, 1.165) is 33.7 Å². The number of rotatable bonds is 10. The SMILES string of the molecule is CC(C)(C)OC(=O)NCc1ccc2c(C(C)(C)C)c(C(=O)O)n(Cc3cc(NS(=O)(=O)CC[C@@H]4CCCN4C(=O)OC(C)(C)C)cc4ccccc34)c2c1. The molecule has 3 N–H and O–H groups in total. The number of aromatic carboxylic acids is 1. The summed E-state index contributed by atoms with van der Waals surface area (Å²) in [5, 5.41) is 15.9. The lowest BCUT2D eigenvalue weighted by Crippen LogP contribution is -2.40. The molecule has 1 aliphatic heterocycles. The van der Waals surface area contributed by atoms with Crippen molar-refractivity contribution in [2.75, 3.05) is 17.0 Å². The molecule has 1 fully saturated rings. The standard InChI is InChI=1S/C41H54N4O8S/c1-39(2,3)34-32-17-16-26(24-42-37(48)52-40(4,5)6)21-33(32)45(35(34)36(46)47)25-28-23-29(22-27-13-10-11-15-31(27)28)43-54(50,51)20-18-30-14-12-19-44(30)38(49)53-41(7,8)9/h10-11,13,15-17,21-23,30,43H,12,14,18-20,24-25H2,1-9H3,(H,42,48)(H,46,47)/t30-/m0/s1. The van der Waals surface area contributed by atoms with Crippen molar-refractivity contribution in [1.29, 1.82) is 0 Å². The quantitative estimate of drug-likeness (QED) is 0.146. The second kappa shape index (κ2) is 15.2. The Labute approximate surface area is 318 Å². The Hall–Kier alpha value is -4.78. The number of carbonyl (C=O) groups is 3. The first-order valence-electron chi connectivity index (χ1n) is 18.4. The Bertz CT molecular complexity index is 2170. The van der Waals surface area contributed by atoms with Gasteiger partial charge < -0.3 is 29.4 Å². The molecule has 54 heavy (non-hydrogen) atoms. The van der Waals surface area contributed by atoms with Crippen molar-refractivity contribution in [3.8, 4) is 0 Å². The number of hydrogen-bond donors (Lipinski definition) is 3. The van der Waals surface area contributed by atoms with E-state index in [4.69, 9.17) is 9.47 Å². The summed E-state index contributed by atoms with van der Waals surface area (Å²) in [7, 11) is -3.84. The third-order valence-corrected chi connectivity index (χ3v) is 10.5. The average molecular weight is 763 g/mol. The zero-order valence-corrected chi connectivity index (χ0v) is 33.6. The molecule has 1 aliphatic rings. The van der Waals surface area contributed by atoms with Crippen molar-refractivity contribution in [2.45, 2.75) is 117 Å². The molecule has 12 nitrogen and oxygen atoms in total. The van der Waals surface area contributed by atoms with Crippen molar-refractivity contribution < 1.29 is 37.4 Å². The number of carboxylic acid groups (broad SMARTS) is 1. The number of amides is 2. The van der Waals surface area contributed by atoms with E-state index in [0.29, 0.717) is 29.7 Å². The maximum Gasteiger partial charge on any atom is 0.410 e. The Kier molecular flexibility index (Phi) is 11.3. The van der Waals surface area contributed by atoms with Gasteiger partial charge in [0, 0.05) is 42.3 Å². The van der Waals surface area contributed by atoms with Crippen LogP contribution in [-0.4, -0.2) is 70.7 Å². The van der Waals surface area contributed by atoms with E-state index in [1.54, 1.807) is 63.1 Å². The summed E-state index contributed by atoms with van der Waals surface area (Å²) in [5.74, 6) is -1.28. The number of nitrogens with one attached hydrogen (secondary N) is 2. The molecule has 0 bridgehead atoms. The number of hydrogen-bond acceptors (Lipinski definition) is 7. The van der Waals surface area contributed by atoms with E-state index < -0.39 is 44.8 Å². The van der Waals surface area contributed by atoms with Gasteiger partial charge in [-0.3, -0.25) is 4.72 Å². The summed E-state index contributed by atoms with van der Waals surface area (Å²) in [6.45, 7) is 17.5. The van der Waals surface area contributed by atoms with Gasteiger partial charge in [0.25, 0.3) is 0 Å². The van der Waals surface area contributed by atoms with Crippen LogP contribution >= 0.6 is 0 Å². The zero-order chi connectivity index (χ0) is 39.8. The molecule has 0 radical (unpaired) electrons. The van der Waals surface area contributed by atoms with Crippen LogP contribution in [0.4, 0.5) is 15.3 Å². The topological polar surface area (TPSA) is 156 Å². The van der Waals surface area contributed by atoms with Gasteiger partial charge in [-0.05, 0) is 112 Å². The number of aromatic nitrogens is 1. The largest absolute Gasteiger partial charge is 0.477 e. The van der Waals surface area contributed by atoms with Crippen LogP contribution in [0.5, 0.6) is 0 Å². The van der Waals surface area contributed by atoms with Gasteiger partial charge in [-0.2, -0.15) is 0 Å². The number of likely N-dealkylation sites (tertiary alicyclic amines) is 1. The number of anilines is 1. The second-order valence-electron chi connectivity index (χ2n) is 17.1. The highest BCUT2D eigenvalue weighted by Crippen LogP contribution is 2.38. The third kappa shape index (κ3) is 9.85. The van der Waals surface area contributed by atoms with E-state index in [-0.39, 0.29) is 37.0 Å². The van der Waals surface area contributed by atoms with Crippen LogP contribution in [0.2, 0.25) is 0 Å². The zero-order valence-electron chi connectivity index (χ0n) is 32.8. The molecule has 0 spiro atoms. The molecule has 4 aromatic rings. The number of fused-ring (bicyclic) bond motifs is 2. The maximum absolute atomic E-state index is 13.6. The lowest BCUT2D eigenvalue weighted by Gasteiger charge is -2.28. The Morgan fingerprint density at radius 2 is 1.57 bits per heavy atom. The number of alkyl carbamates (subject to hydrolysis) is 1. The maximum atomic E-state index is 13.6. The molecule has 3 aromatic carbocycles. The molecule has 2 heterocycles. The molecule has 292 valence electrons. The van der Waals surface area contributed by atoms with E-state index >= 15 is 0 Å². The van der Waals surface area contributed by atoms with Crippen molar-refractivity contribution in [3.63, 3.8) is 0 Å². The minimum atomic E-state index is -3.84. The first-order chi connectivity index (χ1) is 25.0. The van der Waals surface area contributed by atoms with Crippen molar-refractivity contribution in [3.05, 3.63) is 77.0 Å². The molecule has 1 aromatic heterocycles.